The first-order chi connectivity index (χ1) is 9.95. The summed E-state index contributed by atoms with van der Waals surface area (Å²) >= 11 is 1.86. The van der Waals surface area contributed by atoms with Gasteiger partial charge in [0.05, 0.1) is 15.7 Å². The maximum atomic E-state index is 11.9. The third kappa shape index (κ3) is 3.04. The van der Waals surface area contributed by atoms with Crippen molar-refractivity contribution in [2.75, 3.05) is 9.85 Å². The average molecular weight is 402 g/mol. The van der Waals surface area contributed by atoms with Crippen LogP contribution in [-0.2, 0) is 9.59 Å². The standard InChI is InChI=1S/C13H11IN2O5/c14-6-9(17)7-2-1-3-8(13(20)21)12(7)15-16-10(18)4-5-11(16)19/h1-3,15H,4-6H2,(H,20,21). The van der Waals surface area contributed by atoms with E-state index in [2.05, 4.69) is 5.43 Å². The predicted octanol–water partition coefficient (Wildman–Crippen LogP) is 1.48. The summed E-state index contributed by atoms with van der Waals surface area (Å²) < 4.78 is 0.150. The highest BCUT2D eigenvalue weighted by molar-refractivity contribution is 14.1. The van der Waals surface area contributed by atoms with E-state index in [9.17, 15) is 24.3 Å². The number of amides is 2. The van der Waals surface area contributed by atoms with E-state index in [-0.39, 0.29) is 39.9 Å². The molecule has 8 heteroatoms. The molecule has 2 rings (SSSR count). The second kappa shape index (κ2) is 6.20. The van der Waals surface area contributed by atoms with Gasteiger partial charge in [-0.2, -0.15) is 5.01 Å². The molecule has 1 aliphatic heterocycles. The highest BCUT2D eigenvalue weighted by atomic mass is 127. The summed E-state index contributed by atoms with van der Waals surface area (Å²) in [4.78, 5) is 46.5. The number of benzene rings is 1. The van der Waals surface area contributed by atoms with Crippen molar-refractivity contribution in [1.29, 1.82) is 0 Å². The monoisotopic (exact) mass is 402 g/mol. The minimum Gasteiger partial charge on any atom is -0.478 e. The number of carboxylic acids is 1. The van der Waals surface area contributed by atoms with Gasteiger partial charge in [0.2, 0.25) is 11.8 Å². The number of hydrazine groups is 1. The summed E-state index contributed by atoms with van der Waals surface area (Å²) in [6.45, 7) is 0. The van der Waals surface area contributed by atoms with E-state index in [1.54, 1.807) is 0 Å². The van der Waals surface area contributed by atoms with Crippen LogP contribution in [0.25, 0.3) is 0 Å². The topological polar surface area (TPSA) is 104 Å². The highest BCUT2D eigenvalue weighted by Gasteiger charge is 2.31. The number of para-hydroxylation sites is 1. The molecular weight excluding hydrogens is 391 g/mol. The van der Waals surface area contributed by atoms with E-state index >= 15 is 0 Å². The smallest absolute Gasteiger partial charge is 0.337 e. The second-order valence-electron chi connectivity index (χ2n) is 4.32. The summed E-state index contributed by atoms with van der Waals surface area (Å²) in [5.41, 5.74) is 2.44. The molecule has 0 unspecified atom stereocenters. The van der Waals surface area contributed by atoms with Crippen molar-refractivity contribution in [1.82, 2.24) is 5.01 Å². The number of hydrogen-bond acceptors (Lipinski definition) is 5. The van der Waals surface area contributed by atoms with Crippen molar-refractivity contribution < 1.29 is 24.3 Å². The van der Waals surface area contributed by atoms with Gasteiger partial charge >= 0.3 is 5.97 Å². The lowest BCUT2D eigenvalue weighted by Gasteiger charge is -2.20. The quantitative estimate of drug-likeness (QED) is 0.335. The second-order valence-corrected chi connectivity index (χ2v) is 5.09. The summed E-state index contributed by atoms with van der Waals surface area (Å²) in [5, 5.41) is 9.98. The predicted molar refractivity (Wildman–Crippen MR) is 81.3 cm³/mol. The van der Waals surface area contributed by atoms with E-state index < -0.39 is 17.8 Å². The number of ketones is 1. The Morgan fingerprint density at radius 2 is 1.76 bits per heavy atom. The van der Waals surface area contributed by atoms with Gasteiger partial charge in [-0.3, -0.25) is 19.8 Å². The fourth-order valence-corrected chi connectivity index (χ4v) is 2.38. The van der Waals surface area contributed by atoms with E-state index in [0.29, 0.717) is 0 Å². The van der Waals surface area contributed by atoms with Crippen LogP contribution >= 0.6 is 22.6 Å². The number of carbonyl (C=O) groups excluding carboxylic acids is 3. The third-order valence-electron chi connectivity index (χ3n) is 2.99. The number of nitrogens with one attached hydrogen (secondary N) is 1. The molecule has 1 heterocycles. The van der Waals surface area contributed by atoms with Crippen LogP contribution in [0, 0.1) is 0 Å². The first kappa shape index (κ1) is 15.4. The van der Waals surface area contributed by atoms with Crippen LogP contribution in [0.5, 0.6) is 0 Å². The molecule has 1 fully saturated rings. The molecule has 110 valence electrons. The van der Waals surface area contributed by atoms with Gasteiger partial charge in [-0.15, -0.1) is 0 Å². The van der Waals surface area contributed by atoms with Gasteiger partial charge in [-0.25, -0.2) is 4.79 Å². The summed E-state index contributed by atoms with van der Waals surface area (Å²) in [7, 11) is 0. The Bertz CT molecular complexity index is 627. The first-order valence-corrected chi connectivity index (χ1v) is 7.56. The normalized spacial score (nSPS) is 14.4. The fourth-order valence-electron chi connectivity index (χ4n) is 1.97. The largest absolute Gasteiger partial charge is 0.478 e. The number of aromatic carboxylic acids is 1. The zero-order valence-corrected chi connectivity index (χ0v) is 12.9. The Labute approximate surface area is 133 Å². The molecule has 0 aliphatic carbocycles. The molecule has 2 N–H and O–H groups in total. The molecule has 0 aromatic heterocycles. The minimum absolute atomic E-state index is 0.0322. The molecule has 0 bridgehead atoms. The molecular formula is C13H11IN2O5. The van der Waals surface area contributed by atoms with Crippen molar-refractivity contribution in [3.8, 4) is 0 Å². The Hall–Kier alpha value is -1.97. The Kier molecular flexibility index (Phi) is 4.56. The lowest BCUT2D eigenvalue weighted by atomic mass is 10.0. The van der Waals surface area contributed by atoms with Crippen LogP contribution < -0.4 is 5.43 Å². The zero-order chi connectivity index (χ0) is 15.6. The highest BCUT2D eigenvalue weighted by Crippen LogP contribution is 2.25. The van der Waals surface area contributed by atoms with Crippen LogP contribution in [0.1, 0.15) is 33.6 Å². The van der Waals surface area contributed by atoms with Gasteiger partial charge in [0.25, 0.3) is 0 Å². The van der Waals surface area contributed by atoms with Crippen molar-refractivity contribution in [3.05, 3.63) is 29.3 Å². The van der Waals surface area contributed by atoms with Crippen molar-refractivity contribution in [3.63, 3.8) is 0 Å². The summed E-state index contributed by atoms with van der Waals surface area (Å²) in [5.74, 6) is -2.44. The molecule has 1 saturated heterocycles. The van der Waals surface area contributed by atoms with Crippen molar-refractivity contribution in [2.45, 2.75) is 12.8 Å². The number of hydrogen-bond donors (Lipinski definition) is 2. The van der Waals surface area contributed by atoms with E-state index in [4.69, 9.17) is 0 Å². The van der Waals surface area contributed by atoms with Crippen LogP contribution in [0.4, 0.5) is 5.69 Å². The maximum Gasteiger partial charge on any atom is 0.337 e. The number of rotatable bonds is 5. The Morgan fingerprint density at radius 3 is 2.29 bits per heavy atom. The fraction of sp³-hybridized carbons (Fsp3) is 0.231. The number of alkyl halides is 1. The molecule has 1 aromatic rings. The van der Waals surface area contributed by atoms with E-state index in [1.807, 2.05) is 22.6 Å². The third-order valence-corrected chi connectivity index (χ3v) is 3.68. The molecule has 0 spiro atoms. The number of imide groups is 1. The average Bonchev–Trinajstić information content (AvgIpc) is 2.78. The van der Waals surface area contributed by atoms with Crippen LogP contribution in [-0.4, -0.2) is 38.1 Å². The lowest BCUT2D eigenvalue weighted by Crippen LogP contribution is -2.36. The number of anilines is 1. The summed E-state index contributed by atoms with van der Waals surface area (Å²) in [6, 6.07) is 4.21. The molecule has 1 aromatic carbocycles. The number of halogens is 1. The maximum absolute atomic E-state index is 11.9. The van der Waals surface area contributed by atoms with Gasteiger partial charge < -0.3 is 5.11 Å². The molecule has 2 amide bonds. The van der Waals surface area contributed by atoms with E-state index in [0.717, 1.165) is 5.01 Å². The van der Waals surface area contributed by atoms with Crippen molar-refractivity contribution in [2.24, 2.45) is 0 Å². The van der Waals surface area contributed by atoms with Crippen LogP contribution in [0.15, 0.2) is 18.2 Å². The van der Waals surface area contributed by atoms with Crippen molar-refractivity contribution >= 4 is 51.8 Å². The van der Waals surface area contributed by atoms with Gasteiger partial charge in [0, 0.05) is 18.4 Å². The molecule has 0 atom stereocenters. The number of carboxylic acid groups (broad SMARTS) is 1. The van der Waals surface area contributed by atoms with Gasteiger partial charge in [-0.1, -0.05) is 28.7 Å². The minimum atomic E-state index is -1.25. The Morgan fingerprint density at radius 1 is 1.19 bits per heavy atom. The molecule has 21 heavy (non-hydrogen) atoms. The molecule has 0 radical (unpaired) electrons. The van der Waals surface area contributed by atoms with Crippen LogP contribution in [0.2, 0.25) is 0 Å². The molecule has 0 saturated carbocycles. The molecule has 1 aliphatic rings. The first-order valence-electron chi connectivity index (χ1n) is 6.03. The lowest BCUT2D eigenvalue weighted by molar-refractivity contribution is -0.136. The summed E-state index contributed by atoms with van der Waals surface area (Å²) in [6.07, 6.45) is 0.132. The SMILES string of the molecule is O=C(O)c1cccc(C(=O)CI)c1NN1C(=O)CCC1=O. The number of nitrogens with zero attached hydrogens (tertiary/aromatic N) is 1. The molecule has 7 nitrogen and oxygen atoms in total. The van der Waals surface area contributed by atoms with Gasteiger partial charge in [0.15, 0.2) is 5.78 Å². The number of Topliss-reactive ketones (excluding diaryl/α,β-unsaturated/α-hetero) is 1. The Balaban J connectivity index is 2.48. The van der Waals surface area contributed by atoms with Gasteiger partial charge in [0.1, 0.15) is 0 Å². The zero-order valence-electron chi connectivity index (χ0n) is 10.8. The number of carbonyl (C=O) groups is 4. The van der Waals surface area contributed by atoms with Crippen LogP contribution in [0.3, 0.4) is 0 Å². The van der Waals surface area contributed by atoms with E-state index in [1.165, 1.54) is 18.2 Å². The van der Waals surface area contributed by atoms with Gasteiger partial charge in [-0.05, 0) is 12.1 Å².